The number of aromatic nitrogens is 3. The summed E-state index contributed by atoms with van der Waals surface area (Å²) in [5, 5.41) is 2.64. The summed E-state index contributed by atoms with van der Waals surface area (Å²) in [6.07, 6.45) is 0. The van der Waals surface area contributed by atoms with Gasteiger partial charge in [-0.05, 0) is 49.1 Å². The topological polar surface area (TPSA) is 86.0 Å². The van der Waals surface area contributed by atoms with Gasteiger partial charge in [0.1, 0.15) is 17.1 Å². The van der Waals surface area contributed by atoms with Crippen molar-refractivity contribution in [3.05, 3.63) is 80.7 Å². The lowest BCUT2D eigenvalue weighted by atomic mass is 10.2. The van der Waals surface area contributed by atoms with E-state index in [0.29, 0.717) is 20.4 Å². The molecule has 2 aromatic carbocycles. The van der Waals surface area contributed by atoms with Gasteiger partial charge in [-0.15, -0.1) is 11.3 Å². The van der Waals surface area contributed by atoms with Gasteiger partial charge < -0.3 is 5.32 Å². The second kappa shape index (κ2) is 9.09. The zero-order valence-electron chi connectivity index (χ0n) is 17.3. The number of hydrogen-bond donors (Lipinski definition) is 1. The minimum Gasteiger partial charge on any atom is -0.325 e. The first-order valence-corrected chi connectivity index (χ1v) is 11.6. The summed E-state index contributed by atoms with van der Waals surface area (Å²) in [5.41, 5.74) is 0.856. The number of anilines is 1. The summed E-state index contributed by atoms with van der Waals surface area (Å²) in [7, 11) is 0. The Morgan fingerprint density at radius 2 is 1.81 bits per heavy atom. The summed E-state index contributed by atoms with van der Waals surface area (Å²) < 4.78 is 16.3. The molecule has 1 N–H and O–H groups in total. The minimum absolute atomic E-state index is 0.179. The molecular formula is C22H19FN4O3S2. The van der Waals surface area contributed by atoms with E-state index in [1.807, 2.05) is 26.0 Å². The van der Waals surface area contributed by atoms with Gasteiger partial charge in [-0.3, -0.25) is 14.2 Å². The molecule has 0 saturated carbocycles. The molecule has 0 bridgehead atoms. The molecule has 0 spiro atoms. The average Bonchev–Trinajstić information content (AvgIpc) is 3.19. The van der Waals surface area contributed by atoms with E-state index in [9.17, 15) is 18.8 Å². The van der Waals surface area contributed by atoms with Crippen LogP contribution in [0.5, 0.6) is 0 Å². The average molecular weight is 471 g/mol. The Morgan fingerprint density at radius 1 is 1.12 bits per heavy atom. The van der Waals surface area contributed by atoms with E-state index >= 15 is 0 Å². The van der Waals surface area contributed by atoms with Gasteiger partial charge in [-0.25, -0.2) is 18.7 Å². The van der Waals surface area contributed by atoms with Gasteiger partial charge in [-0.1, -0.05) is 36.4 Å². The maximum atomic E-state index is 13.3. The molecule has 0 radical (unpaired) electrons. The van der Waals surface area contributed by atoms with Crippen molar-refractivity contribution in [3.63, 3.8) is 0 Å². The highest BCUT2D eigenvalue weighted by Gasteiger charge is 2.20. The fraction of sp³-hybridized carbons (Fsp3) is 0.182. The Balaban J connectivity index is 1.83. The third-order valence-corrected chi connectivity index (χ3v) is 6.71. The number of nitrogens with zero attached hydrogens (tertiary/aromatic N) is 3. The number of hydrogen-bond acceptors (Lipinski definition) is 6. The molecule has 1 amide bonds. The molecule has 10 heteroatoms. The molecule has 32 heavy (non-hydrogen) atoms. The molecule has 0 atom stereocenters. The summed E-state index contributed by atoms with van der Waals surface area (Å²) in [5.74, 6) is -0.164. The Hall–Kier alpha value is -3.24. The molecule has 2 heterocycles. The van der Waals surface area contributed by atoms with Crippen LogP contribution in [0.4, 0.5) is 10.1 Å². The molecule has 164 valence electrons. The quantitative estimate of drug-likeness (QED) is 0.433. The lowest BCUT2D eigenvalue weighted by Gasteiger charge is -2.12. The minimum atomic E-state index is -0.654. The predicted molar refractivity (Wildman–Crippen MR) is 126 cm³/mol. The molecule has 0 unspecified atom stereocenters. The second-order valence-corrected chi connectivity index (χ2v) is 9.48. The molecule has 0 aliphatic rings. The van der Waals surface area contributed by atoms with E-state index in [1.165, 1.54) is 51.9 Å². The van der Waals surface area contributed by atoms with E-state index in [0.717, 1.165) is 15.9 Å². The number of thioether (sulfide) groups is 1. The summed E-state index contributed by atoms with van der Waals surface area (Å²) >= 11 is 2.66. The first-order chi connectivity index (χ1) is 15.4. The van der Waals surface area contributed by atoms with Crippen LogP contribution in [0.1, 0.15) is 12.5 Å². The molecule has 0 aliphatic carbocycles. The molecule has 2 aromatic heterocycles. The highest BCUT2D eigenvalue weighted by molar-refractivity contribution is 8.01. The maximum absolute atomic E-state index is 13.3. The number of thiazole rings is 1. The number of nitrogens with one attached hydrogen (secondary N) is 1. The standard InChI is InChI=1S/C22H19FN4O3S2/c1-3-31-21-25-19-18(32-21)20(29)27(16-10-4-13(2)5-11-16)22(30)26(19)12-17(28)24-15-8-6-14(23)7-9-15/h4-11H,3,12H2,1-2H3,(H,24,28). The van der Waals surface area contributed by atoms with E-state index in [1.54, 1.807) is 12.1 Å². The smallest absolute Gasteiger partial charge is 0.325 e. The van der Waals surface area contributed by atoms with Crippen LogP contribution in [0.15, 0.2) is 62.5 Å². The van der Waals surface area contributed by atoms with Crippen LogP contribution in [-0.2, 0) is 11.3 Å². The Morgan fingerprint density at radius 3 is 2.47 bits per heavy atom. The largest absolute Gasteiger partial charge is 0.337 e. The SMILES string of the molecule is CCSc1nc2c(s1)c(=O)n(-c1ccc(C)cc1)c(=O)n2CC(=O)Nc1ccc(F)cc1. The number of amides is 1. The van der Waals surface area contributed by atoms with E-state index in [2.05, 4.69) is 10.3 Å². The van der Waals surface area contributed by atoms with Crippen molar-refractivity contribution < 1.29 is 9.18 Å². The van der Waals surface area contributed by atoms with Crippen molar-refractivity contribution in [3.8, 4) is 5.69 Å². The van der Waals surface area contributed by atoms with Crippen molar-refractivity contribution >= 4 is 45.0 Å². The Kier molecular flexibility index (Phi) is 6.24. The fourth-order valence-electron chi connectivity index (χ4n) is 3.14. The van der Waals surface area contributed by atoms with Crippen LogP contribution >= 0.6 is 23.1 Å². The van der Waals surface area contributed by atoms with Crippen molar-refractivity contribution in [1.29, 1.82) is 0 Å². The van der Waals surface area contributed by atoms with E-state index in [4.69, 9.17) is 0 Å². The van der Waals surface area contributed by atoms with Gasteiger partial charge in [0.25, 0.3) is 5.56 Å². The number of aryl methyl sites for hydroxylation is 1. The molecule has 4 rings (SSSR count). The molecule has 0 saturated heterocycles. The molecular weight excluding hydrogens is 451 g/mol. The molecule has 4 aromatic rings. The van der Waals surface area contributed by atoms with Gasteiger partial charge in [0.05, 0.1) is 5.69 Å². The number of carbonyl (C=O) groups excluding carboxylic acids is 1. The predicted octanol–water partition coefficient (Wildman–Crippen LogP) is 3.81. The highest BCUT2D eigenvalue weighted by atomic mass is 32.2. The summed E-state index contributed by atoms with van der Waals surface area (Å²) in [6, 6.07) is 12.3. The van der Waals surface area contributed by atoms with Crippen LogP contribution < -0.4 is 16.6 Å². The lowest BCUT2D eigenvalue weighted by Crippen LogP contribution is -2.40. The maximum Gasteiger partial charge on any atom is 0.337 e. The van der Waals surface area contributed by atoms with Gasteiger partial charge in [0, 0.05) is 5.69 Å². The highest BCUT2D eigenvalue weighted by Crippen LogP contribution is 2.27. The first kappa shape index (κ1) is 22.0. The lowest BCUT2D eigenvalue weighted by molar-refractivity contribution is -0.116. The molecule has 0 aliphatic heterocycles. The van der Waals surface area contributed by atoms with Crippen LogP contribution in [0, 0.1) is 12.7 Å². The number of halogens is 1. The second-order valence-electron chi connectivity index (χ2n) is 6.97. The normalized spacial score (nSPS) is 11.1. The van der Waals surface area contributed by atoms with Crippen LogP contribution in [0.3, 0.4) is 0 Å². The van der Waals surface area contributed by atoms with Gasteiger partial charge in [0.15, 0.2) is 9.99 Å². The van der Waals surface area contributed by atoms with Crippen LogP contribution in [0.2, 0.25) is 0 Å². The summed E-state index contributed by atoms with van der Waals surface area (Å²) in [4.78, 5) is 43.7. The first-order valence-electron chi connectivity index (χ1n) is 9.79. The monoisotopic (exact) mass is 470 g/mol. The van der Waals surface area contributed by atoms with Crippen molar-refractivity contribution in [2.45, 2.75) is 24.7 Å². The van der Waals surface area contributed by atoms with Crippen molar-refractivity contribution in [2.75, 3.05) is 11.1 Å². The van der Waals surface area contributed by atoms with E-state index < -0.39 is 23.0 Å². The fourth-order valence-corrected chi connectivity index (χ4v) is 5.11. The third-order valence-electron chi connectivity index (χ3n) is 4.65. The van der Waals surface area contributed by atoms with Gasteiger partial charge in [0.2, 0.25) is 5.91 Å². The Labute approximate surface area is 190 Å². The van der Waals surface area contributed by atoms with Gasteiger partial charge in [-0.2, -0.15) is 0 Å². The third kappa shape index (κ3) is 4.37. The molecule has 0 fully saturated rings. The Bertz CT molecular complexity index is 1410. The zero-order chi connectivity index (χ0) is 22.8. The number of benzene rings is 2. The molecule has 7 nitrogen and oxygen atoms in total. The van der Waals surface area contributed by atoms with Crippen molar-refractivity contribution in [2.24, 2.45) is 0 Å². The summed E-state index contributed by atoms with van der Waals surface area (Å²) in [6.45, 7) is 3.52. The van der Waals surface area contributed by atoms with Crippen LogP contribution in [0.25, 0.3) is 16.0 Å². The number of carbonyl (C=O) groups is 1. The van der Waals surface area contributed by atoms with Crippen molar-refractivity contribution in [1.82, 2.24) is 14.1 Å². The van der Waals surface area contributed by atoms with Crippen LogP contribution in [-0.4, -0.2) is 25.8 Å². The van der Waals surface area contributed by atoms with E-state index in [-0.39, 0.29) is 12.2 Å². The number of fused-ring (bicyclic) bond motifs is 1. The number of rotatable bonds is 6. The zero-order valence-corrected chi connectivity index (χ0v) is 18.9. The van der Waals surface area contributed by atoms with Gasteiger partial charge >= 0.3 is 5.69 Å².